The fourth-order valence-electron chi connectivity index (χ4n) is 3.00. The second-order valence-electron chi connectivity index (χ2n) is 5.92. The number of amides is 1. The third kappa shape index (κ3) is 3.16. The van der Waals surface area contributed by atoms with E-state index in [0.29, 0.717) is 17.7 Å². The van der Waals surface area contributed by atoms with Crippen molar-refractivity contribution in [2.45, 2.75) is 25.3 Å². The monoisotopic (exact) mass is 337 g/mol. The zero-order valence-electron chi connectivity index (χ0n) is 13.2. The van der Waals surface area contributed by atoms with Crippen LogP contribution in [0.25, 0.3) is 5.69 Å². The first-order valence-electron chi connectivity index (χ1n) is 7.91. The Kier molecular flexibility index (Phi) is 3.81. The number of hydrogen-bond donors (Lipinski definition) is 2. The Balaban J connectivity index is 1.49. The number of carbonyl (C=O) groups excluding carboxylic acids is 1. The average Bonchev–Trinajstić information content (AvgIpc) is 3.16. The summed E-state index contributed by atoms with van der Waals surface area (Å²) < 4.78 is 1.49. The molecule has 126 valence electrons. The van der Waals surface area contributed by atoms with E-state index in [-0.39, 0.29) is 17.5 Å². The fourth-order valence-corrected chi connectivity index (χ4v) is 3.00. The van der Waals surface area contributed by atoms with Gasteiger partial charge < -0.3 is 5.32 Å². The second kappa shape index (κ2) is 6.27. The first-order chi connectivity index (χ1) is 12.2. The highest BCUT2D eigenvalue weighted by molar-refractivity contribution is 5.94. The summed E-state index contributed by atoms with van der Waals surface area (Å²) >= 11 is 0. The first-order valence-corrected chi connectivity index (χ1v) is 7.91. The summed E-state index contributed by atoms with van der Waals surface area (Å²) in [6.45, 7) is 0. The van der Waals surface area contributed by atoms with Crippen molar-refractivity contribution in [1.29, 1.82) is 0 Å². The highest BCUT2D eigenvalue weighted by atomic mass is 16.1. The maximum absolute atomic E-state index is 12.6. The maximum atomic E-state index is 12.6. The number of carbonyl (C=O) groups is 1. The molecule has 2 aromatic heterocycles. The van der Waals surface area contributed by atoms with Crippen molar-refractivity contribution in [2.24, 2.45) is 0 Å². The molecule has 0 aliphatic heterocycles. The normalized spacial score (nSPS) is 16.2. The molecule has 0 saturated carbocycles. The van der Waals surface area contributed by atoms with Crippen molar-refractivity contribution < 1.29 is 4.79 Å². The van der Waals surface area contributed by atoms with E-state index in [1.165, 1.54) is 11.0 Å². The molecule has 2 N–H and O–H groups in total. The topological polar surface area (TPSA) is 118 Å². The zero-order valence-corrected chi connectivity index (χ0v) is 13.2. The standard InChI is InChI=1S/C16H15N7O2/c24-15-8-11-6-12(4-5-14(11)19-20-15)18-16(25)10-2-1-3-13(7-10)23-9-17-21-22-23/h1-3,7-9,12H,4-6H2,(H,18,25)(H,20,24)/t12-/m1/s1. The molecule has 0 bridgehead atoms. The highest BCUT2D eigenvalue weighted by Gasteiger charge is 2.22. The molecule has 9 nitrogen and oxygen atoms in total. The molecule has 25 heavy (non-hydrogen) atoms. The van der Waals surface area contributed by atoms with Crippen LogP contribution in [0.1, 0.15) is 28.0 Å². The fraction of sp³-hybridized carbons (Fsp3) is 0.250. The number of H-pyrrole nitrogens is 1. The lowest BCUT2D eigenvalue weighted by Crippen LogP contribution is -2.39. The van der Waals surface area contributed by atoms with E-state index in [1.54, 1.807) is 24.3 Å². The van der Waals surface area contributed by atoms with Gasteiger partial charge in [-0.1, -0.05) is 6.07 Å². The summed E-state index contributed by atoms with van der Waals surface area (Å²) in [5.74, 6) is -0.166. The molecule has 1 amide bonds. The van der Waals surface area contributed by atoms with Gasteiger partial charge in [0.1, 0.15) is 6.33 Å². The molecule has 0 unspecified atom stereocenters. The lowest BCUT2D eigenvalue weighted by atomic mass is 9.92. The van der Waals surface area contributed by atoms with Gasteiger partial charge in [0.2, 0.25) is 0 Å². The van der Waals surface area contributed by atoms with Gasteiger partial charge in [-0.05, 0) is 53.5 Å². The summed E-state index contributed by atoms with van der Waals surface area (Å²) in [6.07, 6.45) is 3.58. The number of nitrogens with zero attached hydrogens (tertiary/aromatic N) is 5. The Hall–Kier alpha value is -3.36. The SMILES string of the molecule is O=C(N[C@@H]1CCc2n[nH]c(=O)cc2C1)c1cccc(-n2cnnn2)c1. The van der Waals surface area contributed by atoms with E-state index in [0.717, 1.165) is 24.1 Å². The second-order valence-corrected chi connectivity index (χ2v) is 5.92. The Morgan fingerprint density at radius 3 is 3.08 bits per heavy atom. The zero-order chi connectivity index (χ0) is 17.2. The molecule has 3 aromatic rings. The minimum atomic E-state index is -0.222. The van der Waals surface area contributed by atoms with Crippen LogP contribution in [0.3, 0.4) is 0 Å². The van der Waals surface area contributed by atoms with Crippen LogP contribution in [0.5, 0.6) is 0 Å². The summed E-state index contributed by atoms with van der Waals surface area (Å²) in [4.78, 5) is 24.0. The van der Waals surface area contributed by atoms with Crippen LogP contribution in [0.15, 0.2) is 41.5 Å². The van der Waals surface area contributed by atoms with Gasteiger partial charge >= 0.3 is 0 Å². The number of benzene rings is 1. The van der Waals surface area contributed by atoms with Crippen LogP contribution in [-0.2, 0) is 12.8 Å². The van der Waals surface area contributed by atoms with Crippen LogP contribution >= 0.6 is 0 Å². The molecule has 0 fully saturated rings. The summed E-state index contributed by atoms with van der Waals surface area (Å²) in [7, 11) is 0. The molecule has 0 radical (unpaired) electrons. The van der Waals surface area contributed by atoms with Crippen molar-refractivity contribution in [3.63, 3.8) is 0 Å². The van der Waals surface area contributed by atoms with Crippen molar-refractivity contribution >= 4 is 5.91 Å². The number of fused-ring (bicyclic) bond motifs is 1. The lowest BCUT2D eigenvalue weighted by molar-refractivity contribution is 0.0933. The summed E-state index contributed by atoms with van der Waals surface area (Å²) in [6, 6.07) is 8.60. The van der Waals surface area contributed by atoms with Crippen molar-refractivity contribution in [1.82, 2.24) is 35.7 Å². The van der Waals surface area contributed by atoms with Crippen LogP contribution < -0.4 is 10.9 Å². The molecule has 4 rings (SSSR count). The van der Waals surface area contributed by atoms with Crippen LogP contribution in [0.4, 0.5) is 0 Å². The van der Waals surface area contributed by atoms with Gasteiger partial charge in [-0.25, -0.2) is 9.78 Å². The van der Waals surface area contributed by atoms with Crippen LogP contribution in [0, 0.1) is 0 Å². The molecular weight excluding hydrogens is 322 g/mol. The predicted octanol–water partition coefficient (Wildman–Crippen LogP) is 0.0329. The maximum Gasteiger partial charge on any atom is 0.264 e. The molecule has 1 aliphatic carbocycles. The Bertz CT molecular complexity index is 965. The number of aromatic amines is 1. The Morgan fingerprint density at radius 1 is 1.32 bits per heavy atom. The van der Waals surface area contributed by atoms with Gasteiger partial charge in [0.25, 0.3) is 11.5 Å². The van der Waals surface area contributed by atoms with Crippen molar-refractivity contribution in [3.05, 3.63) is 63.8 Å². The van der Waals surface area contributed by atoms with E-state index in [4.69, 9.17) is 0 Å². The van der Waals surface area contributed by atoms with E-state index >= 15 is 0 Å². The number of hydrogen-bond acceptors (Lipinski definition) is 6. The molecule has 9 heteroatoms. The van der Waals surface area contributed by atoms with Crippen LogP contribution in [-0.4, -0.2) is 42.4 Å². The van der Waals surface area contributed by atoms with Crippen LogP contribution in [0.2, 0.25) is 0 Å². The summed E-state index contributed by atoms with van der Waals surface area (Å²) in [5.41, 5.74) is 2.80. The van der Waals surface area contributed by atoms with Gasteiger partial charge in [-0.2, -0.15) is 5.10 Å². The van der Waals surface area contributed by atoms with Gasteiger partial charge in [0.15, 0.2) is 0 Å². The molecule has 1 aromatic carbocycles. The number of tetrazole rings is 1. The van der Waals surface area contributed by atoms with Gasteiger partial charge in [-0.15, -0.1) is 5.10 Å². The molecule has 2 heterocycles. The number of nitrogens with one attached hydrogen (secondary N) is 2. The van der Waals surface area contributed by atoms with E-state index in [1.807, 2.05) is 6.07 Å². The highest BCUT2D eigenvalue weighted by Crippen LogP contribution is 2.18. The average molecular weight is 337 g/mol. The quantitative estimate of drug-likeness (QED) is 0.696. The number of aryl methyl sites for hydroxylation is 1. The van der Waals surface area contributed by atoms with Gasteiger partial charge in [0, 0.05) is 17.7 Å². The molecule has 0 spiro atoms. The van der Waals surface area contributed by atoms with Crippen molar-refractivity contribution in [2.75, 3.05) is 0 Å². The van der Waals surface area contributed by atoms with E-state index < -0.39 is 0 Å². The minimum absolute atomic E-state index is 0.0275. The van der Waals surface area contributed by atoms with E-state index in [9.17, 15) is 9.59 Å². The largest absolute Gasteiger partial charge is 0.349 e. The number of rotatable bonds is 3. The van der Waals surface area contributed by atoms with Gasteiger partial charge in [0.05, 0.1) is 11.4 Å². The predicted molar refractivity (Wildman–Crippen MR) is 87.3 cm³/mol. The van der Waals surface area contributed by atoms with E-state index in [2.05, 4.69) is 31.0 Å². The number of aromatic nitrogens is 6. The van der Waals surface area contributed by atoms with Crippen molar-refractivity contribution in [3.8, 4) is 5.69 Å². The Labute approximate surface area is 142 Å². The lowest BCUT2D eigenvalue weighted by Gasteiger charge is -2.24. The summed E-state index contributed by atoms with van der Waals surface area (Å²) in [5, 5.41) is 20.5. The Morgan fingerprint density at radius 2 is 2.24 bits per heavy atom. The molecule has 1 aliphatic rings. The third-order valence-corrected chi connectivity index (χ3v) is 4.23. The minimum Gasteiger partial charge on any atom is -0.349 e. The molecular formula is C16H15N7O2. The molecule has 1 atom stereocenters. The van der Waals surface area contributed by atoms with Gasteiger partial charge in [-0.3, -0.25) is 9.59 Å². The molecule has 0 saturated heterocycles. The third-order valence-electron chi connectivity index (χ3n) is 4.23. The first kappa shape index (κ1) is 15.2. The smallest absolute Gasteiger partial charge is 0.264 e.